The van der Waals surface area contributed by atoms with Gasteiger partial charge in [0.05, 0.1) is 12.5 Å². The molecule has 2 saturated heterocycles. The molecule has 2 fully saturated rings. The third-order valence-electron chi connectivity index (χ3n) is 3.91. The molecule has 2 aliphatic rings. The number of rotatable bonds is 2. The van der Waals surface area contributed by atoms with Crippen molar-refractivity contribution in [1.29, 1.82) is 0 Å². The second-order valence-electron chi connectivity index (χ2n) is 5.03. The molecule has 98 valence electrons. The van der Waals surface area contributed by atoms with Crippen molar-refractivity contribution < 1.29 is 9.53 Å². The minimum atomic E-state index is 0.0939. The van der Waals surface area contributed by atoms with E-state index < -0.39 is 0 Å². The van der Waals surface area contributed by atoms with Gasteiger partial charge < -0.3 is 14.2 Å². The SMILES string of the molecule is O=C(C1CCOC1)N1CCC(n2cnnc2)CC1. The highest BCUT2D eigenvalue weighted by Gasteiger charge is 2.30. The summed E-state index contributed by atoms with van der Waals surface area (Å²) in [6.45, 7) is 2.99. The van der Waals surface area contributed by atoms with E-state index in [-0.39, 0.29) is 11.8 Å². The molecule has 0 radical (unpaired) electrons. The summed E-state index contributed by atoms with van der Waals surface area (Å²) in [6, 6.07) is 0.434. The van der Waals surface area contributed by atoms with Gasteiger partial charge in [0.25, 0.3) is 0 Å². The maximum Gasteiger partial charge on any atom is 0.228 e. The largest absolute Gasteiger partial charge is 0.381 e. The van der Waals surface area contributed by atoms with Gasteiger partial charge in [0.1, 0.15) is 12.7 Å². The van der Waals surface area contributed by atoms with Crippen LogP contribution in [0, 0.1) is 5.92 Å². The number of carbonyl (C=O) groups is 1. The quantitative estimate of drug-likeness (QED) is 0.766. The van der Waals surface area contributed by atoms with Crippen molar-refractivity contribution >= 4 is 5.91 Å². The van der Waals surface area contributed by atoms with Gasteiger partial charge in [0, 0.05) is 25.7 Å². The van der Waals surface area contributed by atoms with Crippen molar-refractivity contribution in [1.82, 2.24) is 19.7 Å². The van der Waals surface area contributed by atoms with Crippen molar-refractivity contribution in [2.45, 2.75) is 25.3 Å². The van der Waals surface area contributed by atoms with Crippen LogP contribution in [-0.2, 0) is 9.53 Å². The molecule has 0 saturated carbocycles. The van der Waals surface area contributed by atoms with Crippen LogP contribution in [-0.4, -0.2) is 51.9 Å². The molecule has 1 atom stereocenters. The molecule has 6 nitrogen and oxygen atoms in total. The lowest BCUT2D eigenvalue weighted by molar-refractivity contribution is -0.136. The Balaban J connectivity index is 1.55. The van der Waals surface area contributed by atoms with E-state index in [0.717, 1.165) is 39.0 Å². The van der Waals surface area contributed by atoms with E-state index in [0.29, 0.717) is 12.6 Å². The zero-order valence-electron chi connectivity index (χ0n) is 10.4. The van der Waals surface area contributed by atoms with Crippen LogP contribution in [0.1, 0.15) is 25.3 Å². The molecule has 1 aromatic rings. The average molecular weight is 250 g/mol. The number of carbonyl (C=O) groups excluding carboxylic acids is 1. The van der Waals surface area contributed by atoms with Gasteiger partial charge in [0.2, 0.25) is 5.91 Å². The molecule has 1 aromatic heterocycles. The highest BCUT2D eigenvalue weighted by Crippen LogP contribution is 2.24. The minimum Gasteiger partial charge on any atom is -0.381 e. The van der Waals surface area contributed by atoms with Gasteiger partial charge in [-0.25, -0.2) is 0 Å². The summed E-state index contributed by atoms with van der Waals surface area (Å²) in [5, 5.41) is 7.66. The van der Waals surface area contributed by atoms with Gasteiger partial charge in [-0.05, 0) is 19.3 Å². The van der Waals surface area contributed by atoms with E-state index >= 15 is 0 Å². The Labute approximate surface area is 106 Å². The molecular formula is C12H18N4O2. The topological polar surface area (TPSA) is 60.2 Å². The number of likely N-dealkylation sites (tertiary alicyclic amines) is 1. The Morgan fingerprint density at radius 3 is 2.50 bits per heavy atom. The molecule has 0 aliphatic carbocycles. The average Bonchev–Trinajstić information content (AvgIpc) is 3.11. The number of hydrogen-bond acceptors (Lipinski definition) is 4. The van der Waals surface area contributed by atoms with Gasteiger partial charge in [-0.15, -0.1) is 10.2 Å². The fourth-order valence-electron chi connectivity index (χ4n) is 2.77. The fourth-order valence-corrected chi connectivity index (χ4v) is 2.77. The van der Waals surface area contributed by atoms with E-state index in [1.54, 1.807) is 12.7 Å². The maximum absolute atomic E-state index is 12.2. The molecule has 0 N–H and O–H groups in total. The lowest BCUT2D eigenvalue weighted by atomic mass is 10.0. The van der Waals surface area contributed by atoms with Crippen LogP contribution in [0.15, 0.2) is 12.7 Å². The molecule has 3 rings (SSSR count). The lowest BCUT2D eigenvalue weighted by Gasteiger charge is -2.33. The maximum atomic E-state index is 12.2. The van der Waals surface area contributed by atoms with E-state index in [2.05, 4.69) is 10.2 Å². The second-order valence-corrected chi connectivity index (χ2v) is 5.03. The second kappa shape index (κ2) is 5.06. The van der Waals surface area contributed by atoms with E-state index in [9.17, 15) is 4.79 Å². The first-order chi connectivity index (χ1) is 8.84. The minimum absolute atomic E-state index is 0.0939. The zero-order valence-corrected chi connectivity index (χ0v) is 10.4. The van der Waals surface area contributed by atoms with Gasteiger partial charge in [-0.1, -0.05) is 0 Å². The summed E-state index contributed by atoms with van der Waals surface area (Å²) in [7, 11) is 0. The van der Waals surface area contributed by atoms with Crippen molar-refractivity contribution in [2.75, 3.05) is 26.3 Å². The molecule has 1 amide bonds. The van der Waals surface area contributed by atoms with E-state index in [4.69, 9.17) is 4.74 Å². The monoisotopic (exact) mass is 250 g/mol. The summed E-state index contributed by atoms with van der Waals surface area (Å²) in [4.78, 5) is 14.2. The third kappa shape index (κ3) is 2.25. The lowest BCUT2D eigenvalue weighted by Crippen LogP contribution is -2.42. The van der Waals surface area contributed by atoms with Crippen molar-refractivity contribution in [3.8, 4) is 0 Å². The van der Waals surface area contributed by atoms with Gasteiger partial charge >= 0.3 is 0 Å². The molecule has 3 heterocycles. The number of ether oxygens (including phenoxy) is 1. The van der Waals surface area contributed by atoms with Crippen LogP contribution in [0.3, 0.4) is 0 Å². The Kier molecular flexibility index (Phi) is 3.27. The van der Waals surface area contributed by atoms with Crippen LogP contribution in [0.25, 0.3) is 0 Å². The number of amides is 1. The Hall–Kier alpha value is -1.43. The van der Waals surface area contributed by atoms with E-state index in [1.807, 2.05) is 9.47 Å². The first-order valence-corrected chi connectivity index (χ1v) is 6.55. The first kappa shape index (κ1) is 11.6. The van der Waals surface area contributed by atoms with Crippen LogP contribution < -0.4 is 0 Å². The Morgan fingerprint density at radius 2 is 1.89 bits per heavy atom. The molecule has 1 unspecified atom stereocenters. The molecule has 18 heavy (non-hydrogen) atoms. The summed E-state index contributed by atoms with van der Waals surface area (Å²) in [5.74, 6) is 0.367. The number of nitrogens with zero attached hydrogens (tertiary/aromatic N) is 4. The standard InChI is InChI=1S/C12H18N4O2/c17-12(10-3-6-18-7-10)15-4-1-11(2-5-15)16-8-13-14-9-16/h8-11H,1-7H2. The third-order valence-corrected chi connectivity index (χ3v) is 3.91. The van der Waals surface area contributed by atoms with Crippen LogP contribution in [0.4, 0.5) is 0 Å². The van der Waals surface area contributed by atoms with Gasteiger partial charge in [0.15, 0.2) is 0 Å². The molecule has 2 aliphatic heterocycles. The van der Waals surface area contributed by atoms with Gasteiger partial charge in [-0.3, -0.25) is 4.79 Å². The normalized spacial score (nSPS) is 25.6. The van der Waals surface area contributed by atoms with Crippen molar-refractivity contribution in [3.05, 3.63) is 12.7 Å². The summed E-state index contributed by atoms with van der Waals surface area (Å²) in [5.41, 5.74) is 0. The summed E-state index contributed by atoms with van der Waals surface area (Å²) < 4.78 is 7.32. The highest BCUT2D eigenvalue weighted by molar-refractivity contribution is 5.79. The molecule has 0 bridgehead atoms. The predicted molar refractivity (Wildman–Crippen MR) is 63.8 cm³/mol. The van der Waals surface area contributed by atoms with Crippen molar-refractivity contribution in [2.24, 2.45) is 5.92 Å². The number of piperidine rings is 1. The highest BCUT2D eigenvalue weighted by atomic mass is 16.5. The van der Waals surface area contributed by atoms with Crippen LogP contribution in [0.2, 0.25) is 0 Å². The summed E-state index contributed by atoms with van der Waals surface area (Å²) >= 11 is 0. The molecule has 0 spiro atoms. The van der Waals surface area contributed by atoms with Crippen LogP contribution >= 0.6 is 0 Å². The summed E-state index contributed by atoms with van der Waals surface area (Å²) in [6.07, 6.45) is 6.36. The first-order valence-electron chi connectivity index (χ1n) is 6.55. The molecule has 6 heteroatoms. The molecule has 0 aromatic carbocycles. The zero-order chi connectivity index (χ0) is 12.4. The van der Waals surface area contributed by atoms with E-state index in [1.165, 1.54) is 0 Å². The smallest absolute Gasteiger partial charge is 0.228 e. The van der Waals surface area contributed by atoms with Crippen molar-refractivity contribution in [3.63, 3.8) is 0 Å². The Morgan fingerprint density at radius 1 is 1.17 bits per heavy atom. The number of aromatic nitrogens is 3. The predicted octanol–water partition coefficient (Wildman–Crippen LogP) is 0.478. The Bertz CT molecular complexity index is 392. The van der Waals surface area contributed by atoms with Gasteiger partial charge in [-0.2, -0.15) is 0 Å². The number of hydrogen-bond donors (Lipinski definition) is 0. The molecular weight excluding hydrogens is 232 g/mol. The fraction of sp³-hybridized carbons (Fsp3) is 0.750. The van der Waals surface area contributed by atoms with Crippen LogP contribution in [0.5, 0.6) is 0 Å².